The van der Waals surface area contributed by atoms with E-state index < -0.39 is 48.0 Å². The van der Waals surface area contributed by atoms with E-state index in [1.54, 1.807) is 0 Å². The van der Waals surface area contributed by atoms with E-state index in [0.717, 1.165) is 12.8 Å². The van der Waals surface area contributed by atoms with Crippen molar-refractivity contribution in [3.05, 3.63) is 0 Å². The molecule has 0 aliphatic heterocycles. The molecule has 4 saturated carbocycles. The van der Waals surface area contributed by atoms with Crippen molar-refractivity contribution in [2.75, 3.05) is 0 Å². The lowest BCUT2D eigenvalue weighted by Crippen LogP contribution is -2.54. The third kappa shape index (κ3) is 2.50. The van der Waals surface area contributed by atoms with E-state index >= 15 is 0 Å². The molecule has 0 aromatic rings. The molecule has 4 bridgehead atoms. The zero-order valence-corrected chi connectivity index (χ0v) is 19.1. The quantitative estimate of drug-likeness (QED) is 0.624. The summed E-state index contributed by atoms with van der Waals surface area (Å²) >= 11 is 0. The molecule has 0 aromatic heterocycles. The summed E-state index contributed by atoms with van der Waals surface area (Å²) in [5, 5.41) is -1.34. The highest BCUT2D eigenvalue weighted by molar-refractivity contribution is 7.94. The van der Waals surface area contributed by atoms with E-state index in [1.807, 2.05) is 27.7 Å². The Morgan fingerprint density at radius 2 is 1.52 bits per heavy atom. The molecule has 9 heteroatoms. The summed E-state index contributed by atoms with van der Waals surface area (Å²) in [7, 11) is -8.25. The van der Waals surface area contributed by atoms with Crippen molar-refractivity contribution < 1.29 is 30.1 Å². The molecule has 0 spiro atoms. The van der Waals surface area contributed by atoms with Gasteiger partial charge in [-0.2, -0.15) is 8.42 Å². The van der Waals surface area contributed by atoms with Gasteiger partial charge < -0.3 is 0 Å². The van der Waals surface area contributed by atoms with Gasteiger partial charge in [-0.1, -0.05) is 27.7 Å². The van der Waals surface area contributed by atoms with Gasteiger partial charge in [-0.3, -0.25) is 9.59 Å². The van der Waals surface area contributed by atoms with E-state index in [1.165, 1.54) is 0 Å². The molecular weight excluding hydrogens is 416 g/mol. The Balaban J connectivity index is 1.88. The molecular formula is C20H30O7S2. The fourth-order valence-corrected chi connectivity index (χ4v) is 10.3. The fraction of sp³-hybridized carbons (Fsp3) is 0.900. The highest BCUT2D eigenvalue weighted by Gasteiger charge is 2.73. The molecule has 4 fully saturated rings. The number of carbonyl (C=O) groups excluding carboxylic acids is 2. The molecule has 29 heavy (non-hydrogen) atoms. The van der Waals surface area contributed by atoms with Gasteiger partial charge in [0, 0.05) is 18.3 Å². The van der Waals surface area contributed by atoms with Crippen LogP contribution in [0, 0.1) is 33.5 Å². The summed E-state index contributed by atoms with van der Waals surface area (Å²) in [5.41, 5.74) is -3.06. The summed E-state index contributed by atoms with van der Waals surface area (Å²) in [6, 6.07) is 0. The second-order valence-electron chi connectivity index (χ2n) is 10.7. The van der Waals surface area contributed by atoms with Crippen molar-refractivity contribution in [2.24, 2.45) is 33.5 Å². The maximum Gasteiger partial charge on any atom is 0.285 e. The second-order valence-corrected chi connectivity index (χ2v) is 13.3. The maximum absolute atomic E-state index is 13.3. The first-order valence-electron chi connectivity index (χ1n) is 10.4. The predicted octanol–water partition coefficient (Wildman–Crippen LogP) is 2.41. The Bertz CT molecular complexity index is 953. The van der Waals surface area contributed by atoms with Crippen LogP contribution in [-0.2, 0) is 34.3 Å². The van der Waals surface area contributed by atoms with Gasteiger partial charge >= 0.3 is 0 Å². The summed E-state index contributed by atoms with van der Waals surface area (Å²) in [6.07, 6.45) is 3.21. The lowest BCUT2D eigenvalue weighted by Gasteiger charge is -2.46. The first-order chi connectivity index (χ1) is 13.2. The average molecular weight is 447 g/mol. The van der Waals surface area contributed by atoms with Crippen LogP contribution in [0.15, 0.2) is 0 Å². The molecule has 164 valence electrons. The summed E-state index contributed by atoms with van der Waals surface area (Å²) in [5.74, 6) is 0.164. The Morgan fingerprint density at radius 1 is 0.966 bits per heavy atom. The summed E-state index contributed by atoms with van der Waals surface area (Å²) < 4.78 is 53.5. The molecule has 0 heterocycles. The van der Waals surface area contributed by atoms with E-state index in [2.05, 4.69) is 3.63 Å². The zero-order chi connectivity index (χ0) is 21.6. The topological polar surface area (TPSA) is 112 Å². The number of rotatable bonds is 6. The number of Topliss-reactive ketones (excluding diaryl/α,β-unsaturated/α-hetero) is 2. The van der Waals surface area contributed by atoms with Gasteiger partial charge in [0.25, 0.3) is 21.1 Å². The third-order valence-corrected chi connectivity index (χ3v) is 12.3. The maximum atomic E-state index is 13.3. The largest absolute Gasteiger partial charge is 0.299 e. The molecule has 0 N–H and O–H groups in total. The van der Waals surface area contributed by atoms with Crippen LogP contribution in [0.4, 0.5) is 0 Å². The second kappa shape index (κ2) is 6.13. The molecule has 0 amide bonds. The van der Waals surface area contributed by atoms with Gasteiger partial charge in [0.1, 0.15) is 16.8 Å². The van der Waals surface area contributed by atoms with Gasteiger partial charge in [0.15, 0.2) is 0 Å². The highest BCUT2D eigenvalue weighted by Crippen LogP contribution is 2.71. The van der Waals surface area contributed by atoms with Crippen LogP contribution in [0.25, 0.3) is 0 Å². The number of thiol groups is 1. The minimum Gasteiger partial charge on any atom is -0.299 e. The van der Waals surface area contributed by atoms with Crippen LogP contribution in [0.5, 0.6) is 0 Å². The minimum atomic E-state index is -4.61. The summed E-state index contributed by atoms with van der Waals surface area (Å²) in [4.78, 5) is 26.3. The van der Waals surface area contributed by atoms with Crippen molar-refractivity contribution in [3.8, 4) is 0 Å². The van der Waals surface area contributed by atoms with E-state index in [-0.39, 0.29) is 29.8 Å². The lowest BCUT2D eigenvalue weighted by atomic mass is 9.59. The van der Waals surface area contributed by atoms with Crippen LogP contribution < -0.4 is 0 Å². The molecule has 0 saturated heterocycles. The van der Waals surface area contributed by atoms with Gasteiger partial charge in [0.05, 0.1) is 5.41 Å². The molecule has 0 aromatic carbocycles. The Kier molecular flexibility index (Phi) is 4.53. The van der Waals surface area contributed by atoms with Crippen molar-refractivity contribution in [1.82, 2.24) is 0 Å². The first-order valence-corrected chi connectivity index (χ1v) is 12.9. The highest BCUT2D eigenvalue weighted by atomic mass is 32.3. The van der Waals surface area contributed by atoms with Crippen LogP contribution in [0.2, 0.25) is 0 Å². The standard InChI is InChI=1S/C20H30O7S2/c1-17(2)12-5-7-19(17,14(21)9-12)11-16(29(25,26)27-28(23)24)20-8-6-13(10-15(20)22)18(20,3)4/h12-13,16,28H,5-11H2,1-4H3. The number of ketones is 2. The Labute approximate surface area is 174 Å². The van der Waals surface area contributed by atoms with Gasteiger partial charge in [-0.15, -0.1) is 3.63 Å². The molecule has 4 aliphatic rings. The van der Waals surface area contributed by atoms with E-state index in [0.29, 0.717) is 25.7 Å². The number of hydrogen-bond acceptors (Lipinski definition) is 7. The van der Waals surface area contributed by atoms with Crippen molar-refractivity contribution in [2.45, 2.75) is 77.9 Å². The number of carbonyl (C=O) groups is 2. The van der Waals surface area contributed by atoms with Crippen LogP contribution in [0.3, 0.4) is 0 Å². The van der Waals surface area contributed by atoms with Gasteiger partial charge in [-0.25, -0.2) is 8.42 Å². The van der Waals surface area contributed by atoms with Gasteiger partial charge in [-0.05, 0) is 54.8 Å². The van der Waals surface area contributed by atoms with E-state index in [9.17, 15) is 26.4 Å². The van der Waals surface area contributed by atoms with Crippen molar-refractivity contribution in [3.63, 3.8) is 0 Å². The smallest absolute Gasteiger partial charge is 0.285 e. The molecule has 7 nitrogen and oxygen atoms in total. The normalized spacial score (nSPS) is 40.9. The zero-order valence-electron chi connectivity index (χ0n) is 17.4. The Morgan fingerprint density at radius 3 is 1.93 bits per heavy atom. The SMILES string of the molecule is CC1(C)C2CCC1(CC(C13CCC(CC1=O)C3(C)C)S(=O)(=O)O[SH](=O)=O)C(=O)C2. The molecule has 0 radical (unpaired) electrons. The molecule has 4 aliphatic carbocycles. The van der Waals surface area contributed by atoms with Crippen molar-refractivity contribution in [1.29, 1.82) is 0 Å². The number of fused-ring (bicyclic) bond motifs is 4. The lowest BCUT2D eigenvalue weighted by molar-refractivity contribution is -0.135. The monoisotopic (exact) mass is 446 g/mol. The van der Waals surface area contributed by atoms with Crippen LogP contribution in [0.1, 0.15) is 72.6 Å². The first kappa shape index (κ1) is 21.4. The van der Waals surface area contributed by atoms with Gasteiger partial charge in [0.2, 0.25) is 0 Å². The average Bonchev–Trinajstić information content (AvgIpc) is 3.11. The molecule has 4 rings (SSSR count). The molecule has 5 unspecified atom stereocenters. The summed E-state index contributed by atoms with van der Waals surface area (Å²) in [6.45, 7) is 7.83. The van der Waals surface area contributed by atoms with Crippen LogP contribution in [-0.4, -0.2) is 33.7 Å². The van der Waals surface area contributed by atoms with Crippen molar-refractivity contribution >= 4 is 32.7 Å². The molecule has 5 atom stereocenters. The minimum absolute atomic E-state index is 0.0390. The fourth-order valence-electron chi connectivity index (χ4n) is 7.69. The van der Waals surface area contributed by atoms with Crippen LogP contribution >= 0.6 is 0 Å². The third-order valence-electron chi connectivity index (χ3n) is 9.72. The van der Waals surface area contributed by atoms with E-state index in [4.69, 9.17) is 0 Å². The number of hydrogen-bond donors (Lipinski definition) is 1. The predicted molar refractivity (Wildman–Crippen MR) is 106 cm³/mol. The Hall–Kier alpha value is -0.800.